The highest BCUT2D eigenvalue weighted by molar-refractivity contribution is 6.09. The van der Waals surface area contributed by atoms with Crippen molar-refractivity contribution < 1.29 is 9.59 Å². The van der Waals surface area contributed by atoms with Crippen LogP contribution in [0, 0.1) is 11.3 Å². The summed E-state index contributed by atoms with van der Waals surface area (Å²) >= 11 is 0. The molecule has 1 aliphatic heterocycles. The second-order valence-corrected chi connectivity index (χ2v) is 4.65. The minimum Gasteiger partial charge on any atom is -0.338 e. The van der Waals surface area contributed by atoms with Gasteiger partial charge in [-0.2, -0.15) is 0 Å². The number of rotatable bonds is 2. The first kappa shape index (κ1) is 10.4. The van der Waals surface area contributed by atoms with E-state index in [9.17, 15) is 9.59 Å². The van der Waals surface area contributed by atoms with Gasteiger partial charge in [-0.3, -0.25) is 9.59 Å². The maximum atomic E-state index is 12.2. The van der Waals surface area contributed by atoms with Crippen LogP contribution in [0.3, 0.4) is 0 Å². The van der Waals surface area contributed by atoms with Gasteiger partial charge in [0.25, 0.3) is 0 Å². The van der Waals surface area contributed by atoms with Crippen LogP contribution in [0.2, 0.25) is 0 Å². The molecule has 0 aromatic heterocycles. The fourth-order valence-corrected chi connectivity index (χ4v) is 3.01. The molecule has 0 bridgehead atoms. The van der Waals surface area contributed by atoms with Gasteiger partial charge in [0.2, 0.25) is 5.91 Å². The highest BCUT2D eigenvalue weighted by atomic mass is 16.2. The van der Waals surface area contributed by atoms with Gasteiger partial charge in [0, 0.05) is 19.5 Å². The fraction of sp³-hybridized carbons (Fsp3) is 0.667. The molecule has 3 nitrogen and oxygen atoms in total. The minimum absolute atomic E-state index is 0.0393. The summed E-state index contributed by atoms with van der Waals surface area (Å²) in [6.07, 6.45) is 3.93. The van der Waals surface area contributed by atoms with E-state index in [1.807, 2.05) is 6.92 Å². The molecule has 2 fully saturated rings. The van der Waals surface area contributed by atoms with Crippen molar-refractivity contribution >= 4 is 11.7 Å². The molecule has 1 aliphatic carbocycles. The van der Waals surface area contributed by atoms with E-state index in [0.29, 0.717) is 19.5 Å². The van der Waals surface area contributed by atoms with Crippen molar-refractivity contribution in [3.8, 4) is 0 Å². The summed E-state index contributed by atoms with van der Waals surface area (Å²) in [5.41, 5.74) is -0.664. The molecular weight excluding hydrogens is 190 g/mol. The van der Waals surface area contributed by atoms with Gasteiger partial charge in [-0.15, -0.1) is 6.58 Å². The third kappa shape index (κ3) is 1.25. The first-order valence-corrected chi connectivity index (χ1v) is 5.56. The second-order valence-electron chi connectivity index (χ2n) is 4.65. The highest BCUT2D eigenvalue weighted by Gasteiger charge is 2.58. The molecule has 0 aromatic carbocycles. The van der Waals surface area contributed by atoms with Crippen LogP contribution >= 0.6 is 0 Å². The van der Waals surface area contributed by atoms with Crippen molar-refractivity contribution in [2.24, 2.45) is 11.3 Å². The Morgan fingerprint density at radius 3 is 2.87 bits per heavy atom. The molecule has 3 heteroatoms. The SMILES string of the molecule is C=CCN1C[C@H](C)[C@@]2(CCCC2=O)C1=O. The van der Waals surface area contributed by atoms with Crippen molar-refractivity contribution in [1.82, 2.24) is 4.90 Å². The molecule has 0 N–H and O–H groups in total. The van der Waals surface area contributed by atoms with Crippen molar-refractivity contribution in [3.05, 3.63) is 12.7 Å². The third-order valence-corrected chi connectivity index (χ3v) is 3.83. The van der Waals surface area contributed by atoms with Crippen LogP contribution in [0.4, 0.5) is 0 Å². The monoisotopic (exact) mass is 207 g/mol. The van der Waals surface area contributed by atoms with Gasteiger partial charge in [0.15, 0.2) is 0 Å². The van der Waals surface area contributed by atoms with Gasteiger partial charge in [-0.05, 0) is 18.8 Å². The predicted molar refractivity (Wildman–Crippen MR) is 57.2 cm³/mol. The predicted octanol–water partition coefficient (Wildman–Crippen LogP) is 1.39. The molecule has 0 unspecified atom stereocenters. The van der Waals surface area contributed by atoms with E-state index < -0.39 is 5.41 Å². The summed E-state index contributed by atoms with van der Waals surface area (Å²) in [5, 5.41) is 0. The molecule has 1 amide bonds. The van der Waals surface area contributed by atoms with Crippen LogP contribution in [-0.4, -0.2) is 29.7 Å². The molecular formula is C12H17NO2. The molecule has 1 spiro atoms. The number of nitrogens with zero attached hydrogens (tertiary/aromatic N) is 1. The van der Waals surface area contributed by atoms with Gasteiger partial charge >= 0.3 is 0 Å². The molecule has 15 heavy (non-hydrogen) atoms. The Morgan fingerprint density at radius 1 is 1.60 bits per heavy atom. The summed E-state index contributed by atoms with van der Waals surface area (Å²) in [6, 6.07) is 0. The lowest BCUT2D eigenvalue weighted by Crippen LogP contribution is -2.39. The first-order valence-electron chi connectivity index (χ1n) is 5.56. The zero-order valence-corrected chi connectivity index (χ0v) is 9.16. The third-order valence-electron chi connectivity index (χ3n) is 3.83. The minimum atomic E-state index is -0.664. The lowest BCUT2D eigenvalue weighted by molar-refractivity contribution is -0.143. The van der Waals surface area contributed by atoms with Crippen molar-refractivity contribution in [2.45, 2.75) is 26.2 Å². The molecule has 2 atom stereocenters. The number of amides is 1. The summed E-state index contributed by atoms with van der Waals surface area (Å²) in [4.78, 5) is 25.9. The number of carbonyl (C=O) groups excluding carboxylic acids is 2. The van der Waals surface area contributed by atoms with Crippen LogP contribution < -0.4 is 0 Å². The normalized spacial score (nSPS) is 35.5. The molecule has 2 aliphatic rings. The van der Waals surface area contributed by atoms with E-state index in [4.69, 9.17) is 0 Å². The Morgan fingerprint density at radius 2 is 2.33 bits per heavy atom. The Kier molecular flexibility index (Phi) is 2.41. The van der Waals surface area contributed by atoms with E-state index in [2.05, 4.69) is 6.58 Å². The van der Waals surface area contributed by atoms with Crippen molar-refractivity contribution in [2.75, 3.05) is 13.1 Å². The second kappa shape index (κ2) is 3.47. The van der Waals surface area contributed by atoms with Gasteiger partial charge in [0.1, 0.15) is 11.2 Å². The molecule has 0 aromatic rings. The van der Waals surface area contributed by atoms with Crippen LogP contribution in [0.15, 0.2) is 12.7 Å². The Hall–Kier alpha value is -1.12. The van der Waals surface area contributed by atoms with Gasteiger partial charge < -0.3 is 4.90 Å². The van der Waals surface area contributed by atoms with E-state index >= 15 is 0 Å². The molecule has 1 heterocycles. The van der Waals surface area contributed by atoms with Crippen LogP contribution in [-0.2, 0) is 9.59 Å². The maximum Gasteiger partial charge on any atom is 0.236 e. The Labute approximate surface area is 90.1 Å². The maximum absolute atomic E-state index is 12.2. The summed E-state index contributed by atoms with van der Waals surface area (Å²) < 4.78 is 0. The average molecular weight is 207 g/mol. The summed E-state index contributed by atoms with van der Waals surface area (Å²) in [6.45, 7) is 6.93. The van der Waals surface area contributed by atoms with E-state index in [-0.39, 0.29) is 17.6 Å². The van der Waals surface area contributed by atoms with Gasteiger partial charge in [-0.25, -0.2) is 0 Å². The topological polar surface area (TPSA) is 37.4 Å². The standard InChI is InChI=1S/C12H17NO2/c1-3-7-13-8-9(2)12(11(13)15)6-4-5-10(12)14/h3,9H,1,4-8H2,2H3/t9-,12+/m0/s1. The van der Waals surface area contributed by atoms with E-state index in [1.165, 1.54) is 0 Å². The van der Waals surface area contributed by atoms with Gasteiger partial charge in [0.05, 0.1) is 0 Å². The molecule has 82 valence electrons. The fourth-order valence-electron chi connectivity index (χ4n) is 3.01. The zero-order chi connectivity index (χ0) is 11.1. The zero-order valence-electron chi connectivity index (χ0n) is 9.16. The number of hydrogen-bond acceptors (Lipinski definition) is 2. The molecule has 1 saturated heterocycles. The quantitative estimate of drug-likeness (QED) is 0.507. The number of Topliss-reactive ketones (excluding diaryl/α,β-unsaturated/α-hetero) is 1. The van der Waals surface area contributed by atoms with E-state index in [0.717, 1.165) is 12.8 Å². The van der Waals surface area contributed by atoms with Crippen LogP contribution in [0.1, 0.15) is 26.2 Å². The summed E-state index contributed by atoms with van der Waals surface area (Å²) in [7, 11) is 0. The van der Waals surface area contributed by atoms with E-state index in [1.54, 1.807) is 11.0 Å². The first-order chi connectivity index (χ1) is 7.13. The molecule has 0 radical (unpaired) electrons. The lowest BCUT2D eigenvalue weighted by atomic mass is 9.76. The molecule has 2 rings (SSSR count). The number of ketones is 1. The average Bonchev–Trinajstić information content (AvgIpc) is 2.68. The lowest BCUT2D eigenvalue weighted by Gasteiger charge is -2.23. The van der Waals surface area contributed by atoms with Crippen LogP contribution in [0.25, 0.3) is 0 Å². The highest BCUT2D eigenvalue weighted by Crippen LogP contribution is 2.47. The molecule has 1 saturated carbocycles. The van der Waals surface area contributed by atoms with Crippen LogP contribution in [0.5, 0.6) is 0 Å². The largest absolute Gasteiger partial charge is 0.338 e. The summed E-state index contributed by atoms with van der Waals surface area (Å²) in [5.74, 6) is 0.365. The number of carbonyl (C=O) groups is 2. The Bertz CT molecular complexity index is 324. The number of hydrogen-bond donors (Lipinski definition) is 0. The van der Waals surface area contributed by atoms with Crippen molar-refractivity contribution in [1.29, 1.82) is 0 Å². The van der Waals surface area contributed by atoms with Gasteiger partial charge in [-0.1, -0.05) is 13.0 Å². The van der Waals surface area contributed by atoms with Crippen molar-refractivity contribution in [3.63, 3.8) is 0 Å². The number of likely N-dealkylation sites (tertiary alicyclic amines) is 1. The Balaban J connectivity index is 2.30. The smallest absolute Gasteiger partial charge is 0.236 e.